The van der Waals surface area contributed by atoms with E-state index in [1.807, 2.05) is 38.1 Å². The van der Waals surface area contributed by atoms with E-state index in [1.165, 1.54) is 5.56 Å². The second-order valence-corrected chi connectivity index (χ2v) is 4.10. The number of aryl methyl sites for hydroxylation is 1. The second kappa shape index (κ2) is 4.14. The summed E-state index contributed by atoms with van der Waals surface area (Å²) >= 11 is 0. The summed E-state index contributed by atoms with van der Waals surface area (Å²) < 4.78 is 5.18. The van der Waals surface area contributed by atoms with Gasteiger partial charge in [-0.15, -0.1) is 0 Å². The standard InChI is InChI=1S/C12H16N2O2/c1-8-3-5-10(6-4-8)14-9(2)11(7-13)16-12(14)15/h3-6,9,11H,7,13H2,1-2H3. The van der Waals surface area contributed by atoms with Gasteiger partial charge in [0, 0.05) is 12.2 Å². The lowest BCUT2D eigenvalue weighted by Gasteiger charge is -2.20. The third-order valence-corrected chi connectivity index (χ3v) is 2.94. The van der Waals surface area contributed by atoms with Crippen LogP contribution in [0.15, 0.2) is 24.3 Å². The minimum atomic E-state index is -0.313. The second-order valence-electron chi connectivity index (χ2n) is 4.10. The molecule has 1 fully saturated rings. The molecular weight excluding hydrogens is 204 g/mol. The van der Waals surface area contributed by atoms with Crippen molar-refractivity contribution in [3.05, 3.63) is 29.8 Å². The summed E-state index contributed by atoms with van der Waals surface area (Å²) in [6.45, 7) is 4.32. The number of cyclic esters (lactones) is 1. The molecule has 4 heteroatoms. The zero-order valence-corrected chi connectivity index (χ0v) is 9.51. The van der Waals surface area contributed by atoms with Crippen LogP contribution >= 0.6 is 0 Å². The zero-order chi connectivity index (χ0) is 11.7. The highest BCUT2D eigenvalue weighted by atomic mass is 16.6. The van der Waals surface area contributed by atoms with Crippen LogP contribution < -0.4 is 10.6 Å². The Morgan fingerprint density at radius 2 is 2.00 bits per heavy atom. The summed E-state index contributed by atoms with van der Waals surface area (Å²) in [6.07, 6.45) is -0.527. The van der Waals surface area contributed by atoms with Crippen LogP contribution in [-0.2, 0) is 4.74 Å². The molecule has 2 rings (SSSR count). The van der Waals surface area contributed by atoms with E-state index in [2.05, 4.69) is 0 Å². The zero-order valence-electron chi connectivity index (χ0n) is 9.51. The van der Waals surface area contributed by atoms with Crippen LogP contribution in [0, 0.1) is 6.92 Å². The van der Waals surface area contributed by atoms with Crippen LogP contribution in [0.3, 0.4) is 0 Å². The van der Waals surface area contributed by atoms with Crippen molar-refractivity contribution < 1.29 is 9.53 Å². The third kappa shape index (κ3) is 1.76. The van der Waals surface area contributed by atoms with Gasteiger partial charge in [-0.2, -0.15) is 0 Å². The highest BCUT2D eigenvalue weighted by Gasteiger charge is 2.38. The van der Waals surface area contributed by atoms with Gasteiger partial charge in [0.05, 0.1) is 6.04 Å². The Morgan fingerprint density at radius 1 is 1.38 bits per heavy atom. The molecule has 0 aliphatic carbocycles. The van der Waals surface area contributed by atoms with Crippen molar-refractivity contribution in [3.8, 4) is 0 Å². The topological polar surface area (TPSA) is 55.6 Å². The Bertz CT molecular complexity index is 389. The molecule has 1 aromatic rings. The normalized spacial score (nSPS) is 24.7. The Balaban J connectivity index is 2.27. The molecule has 1 amide bonds. The fourth-order valence-electron chi connectivity index (χ4n) is 1.91. The highest BCUT2D eigenvalue weighted by molar-refractivity contribution is 5.90. The van der Waals surface area contributed by atoms with Gasteiger partial charge < -0.3 is 10.5 Å². The molecule has 0 spiro atoms. The summed E-state index contributed by atoms with van der Waals surface area (Å²) in [7, 11) is 0. The molecule has 0 saturated carbocycles. The van der Waals surface area contributed by atoms with Gasteiger partial charge in [0.1, 0.15) is 6.10 Å². The molecule has 1 heterocycles. The quantitative estimate of drug-likeness (QED) is 0.824. The minimum Gasteiger partial charge on any atom is -0.442 e. The van der Waals surface area contributed by atoms with Crippen molar-refractivity contribution in [1.29, 1.82) is 0 Å². The fourth-order valence-corrected chi connectivity index (χ4v) is 1.91. The van der Waals surface area contributed by atoms with Crippen LogP contribution in [-0.4, -0.2) is 24.8 Å². The van der Waals surface area contributed by atoms with Crippen LogP contribution in [0.2, 0.25) is 0 Å². The molecular formula is C12H16N2O2. The average Bonchev–Trinajstić information content (AvgIpc) is 2.56. The number of nitrogens with two attached hydrogens (primary N) is 1. The van der Waals surface area contributed by atoms with Crippen LogP contribution in [0.25, 0.3) is 0 Å². The number of hydrogen-bond donors (Lipinski definition) is 1. The molecule has 1 aliphatic rings. The molecule has 0 bridgehead atoms. The maximum Gasteiger partial charge on any atom is 0.415 e. The van der Waals surface area contributed by atoms with E-state index in [1.54, 1.807) is 4.90 Å². The van der Waals surface area contributed by atoms with E-state index in [9.17, 15) is 4.79 Å². The van der Waals surface area contributed by atoms with Crippen molar-refractivity contribution in [2.45, 2.75) is 26.0 Å². The first-order valence-corrected chi connectivity index (χ1v) is 5.40. The van der Waals surface area contributed by atoms with E-state index < -0.39 is 0 Å². The Kier molecular flexibility index (Phi) is 2.83. The number of ether oxygens (including phenoxy) is 1. The smallest absolute Gasteiger partial charge is 0.415 e. The molecule has 4 nitrogen and oxygen atoms in total. The molecule has 16 heavy (non-hydrogen) atoms. The van der Waals surface area contributed by atoms with Crippen LogP contribution in [0.5, 0.6) is 0 Å². The monoisotopic (exact) mass is 220 g/mol. The summed E-state index contributed by atoms with van der Waals surface area (Å²) in [5.74, 6) is 0. The average molecular weight is 220 g/mol. The predicted molar refractivity (Wildman–Crippen MR) is 62.4 cm³/mol. The van der Waals surface area contributed by atoms with Gasteiger partial charge in [-0.25, -0.2) is 4.79 Å². The van der Waals surface area contributed by atoms with Gasteiger partial charge in [-0.05, 0) is 26.0 Å². The lowest BCUT2D eigenvalue weighted by atomic mass is 10.1. The van der Waals surface area contributed by atoms with Gasteiger partial charge >= 0.3 is 6.09 Å². The summed E-state index contributed by atoms with van der Waals surface area (Å²) in [4.78, 5) is 13.3. The van der Waals surface area contributed by atoms with E-state index >= 15 is 0 Å². The van der Waals surface area contributed by atoms with Gasteiger partial charge in [-0.3, -0.25) is 4.90 Å². The van der Waals surface area contributed by atoms with Crippen LogP contribution in [0.1, 0.15) is 12.5 Å². The lowest BCUT2D eigenvalue weighted by Crippen LogP contribution is -2.37. The molecule has 2 N–H and O–H groups in total. The molecule has 1 aliphatic heterocycles. The van der Waals surface area contributed by atoms with Gasteiger partial charge in [0.2, 0.25) is 0 Å². The number of hydrogen-bond acceptors (Lipinski definition) is 3. The van der Waals surface area contributed by atoms with Gasteiger partial charge in [-0.1, -0.05) is 17.7 Å². The number of anilines is 1. The number of rotatable bonds is 2. The number of carbonyl (C=O) groups excluding carboxylic acids is 1. The van der Waals surface area contributed by atoms with E-state index in [0.29, 0.717) is 6.54 Å². The lowest BCUT2D eigenvalue weighted by molar-refractivity contribution is 0.137. The summed E-state index contributed by atoms with van der Waals surface area (Å²) in [5, 5.41) is 0. The number of benzene rings is 1. The molecule has 0 radical (unpaired) electrons. The molecule has 0 aromatic heterocycles. The van der Waals surface area contributed by atoms with E-state index in [-0.39, 0.29) is 18.2 Å². The summed E-state index contributed by atoms with van der Waals surface area (Å²) in [5.41, 5.74) is 7.57. The van der Waals surface area contributed by atoms with Crippen molar-refractivity contribution in [1.82, 2.24) is 0 Å². The first-order valence-electron chi connectivity index (χ1n) is 5.40. The number of carbonyl (C=O) groups is 1. The Labute approximate surface area is 95.0 Å². The molecule has 1 aromatic carbocycles. The maximum atomic E-state index is 11.7. The Hall–Kier alpha value is -1.55. The van der Waals surface area contributed by atoms with Crippen molar-refractivity contribution in [3.63, 3.8) is 0 Å². The van der Waals surface area contributed by atoms with Gasteiger partial charge in [0.15, 0.2) is 0 Å². The largest absolute Gasteiger partial charge is 0.442 e. The van der Waals surface area contributed by atoms with E-state index in [4.69, 9.17) is 10.5 Å². The third-order valence-electron chi connectivity index (χ3n) is 2.94. The first kappa shape index (κ1) is 11.0. The van der Waals surface area contributed by atoms with Crippen LogP contribution in [0.4, 0.5) is 10.5 Å². The van der Waals surface area contributed by atoms with Crippen molar-refractivity contribution >= 4 is 11.8 Å². The predicted octanol–water partition coefficient (Wildman–Crippen LogP) is 1.67. The van der Waals surface area contributed by atoms with E-state index in [0.717, 1.165) is 5.69 Å². The van der Waals surface area contributed by atoms with Crippen molar-refractivity contribution in [2.24, 2.45) is 5.73 Å². The SMILES string of the molecule is Cc1ccc(N2C(=O)OC(CN)C2C)cc1. The number of amides is 1. The minimum absolute atomic E-state index is 0.0137. The van der Waals surface area contributed by atoms with Crippen molar-refractivity contribution in [2.75, 3.05) is 11.4 Å². The summed E-state index contributed by atoms with van der Waals surface area (Å²) in [6, 6.07) is 7.79. The Morgan fingerprint density at radius 3 is 2.50 bits per heavy atom. The molecule has 86 valence electrons. The molecule has 2 unspecified atom stereocenters. The maximum absolute atomic E-state index is 11.7. The molecule has 1 saturated heterocycles. The fraction of sp³-hybridized carbons (Fsp3) is 0.417. The van der Waals surface area contributed by atoms with Gasteiger partial charge in [0.25, 0.3) is 0 Å². The molecule has 2 atom stereocenters. The highest BCUT2D eigenvalue weighted by Crippen LogP contribution is 2.26. The first-order chi connectivity index (χ1) is 7.63. The number of nitrogens with zero attached hydrogens (tertiary/aromatic N) is 1.